The van der Waals surface area contributed by atoms with Gasteiger partial charge < -0.3 is 21.3 Å². The number of carbonyl (C=O) groups excluding carboxylic acids is 2. The minimum absolute atomic E-state index is 0.0878. The maximum Gasteiger partial charge on any atom is 0.317 e. The van der Waals surface area contributed by atoms with Crippen molar-refractivity contribution in [3.8, 4) is 0 Å². The molecule has 0 saturated carbocycles. The Hall–Kier alpha value is -2.08. The number of hydrogen-bond acceptors (Lipinski definition) is 3. The highest BCUT2D eigenvalue weighted by Gasteiger charge is 2.25. The van der Waals surface area contributed by atoms with Gasteiger partial charge >= 0.3 is 6.03 Å². The van der Waals surface area contributed by atoms with E-state index >= 15 is 0 Å². The summed E-state index contributed by atoms with van der Waals surface area (Å²) in [6, 6.07) is 9.57. The fourth-order valence-corrected chi connectivity index (χ4v) is 2.47. The van der Waals surface area contributed by atoms with E-state index in [1.165, 1.54) is 0 Å². The number of urea groups is 1. The van der Waals surface area contributed by atoms with Crippen molar-refractivity contribution in [3.05, 3.63) is 35.9 Å². The van der Waals surface area contributed by atoms with E-state index < -0.39 is 0 Å². The molecule has 0 aromatic heterocycles. The summed E-state index contributed by atoms with van der Waals surface area (Å²) in [5.74, 6) is -0.0878. The Morgan fingerprint density at radius 2 is 1.79 bits per heavy atom. The van der Waals surface area contributed by atoms with Gasteiger partial charge in [-0.05, 0) is 18.4 Å². The van der Waals surface area contributed by atoms with Gasteiger partial charge in [-0.1, -0.05) is 44.2 Å². The van der Waals surface area contributed by atoms with Crippen LogP contribution in [0.1, 0.15) is 38.7 Å². The second-order valence-corrected chi connectivity index (χ2v) is 6.06. The maximum absolute atomic E-state index is 12.0. The molecule has 0 aliphatic heterocycles. The van der Waals surface area contributed by atoms with Gasteiger partial charge in [0.2, 0.25) is 5.91 Å². The smallest absolute Gasteiger partial charge is 0.317 e. The van der Waals surface area contributed by atoms with Crippen molar-refractivity contribution in [2.24, 2.45) is 5.73 Å². The predicted octanol–water partition coefficient (Wildman–Crippen LogP) is 1.85. The Morgan fingerprint density at radius 1 is 1.17 bits per heavy atom. The van der Waals surface area contributed by atoms with Crippen molar-refractivity contribution in [2.75, 3.05) is 20.1 Å². The number of carbonyl (C=O) groups is 2. The number of amides is 3. The van der Waals surface area contributed by atoms with Crippen LogP contribution in [-0.4, -0.2) is 42.5 Å². The number of nitrogens with two attached hydrogens (primary N) is 1. The van der Waals surface area contributed by atoms with Gasteiger partial charge in [-0.25, -0.2) is 4.79 Å². The number of hydrogen-bond donors (Lipinski definition) is 3. The molecule has 0 atom stereocenters. The lowest BCUT2D eigenvalue weighted by atomic mass is 9.93. The van der Waals surface area contributed by atoms with Crippen LogP contribution in [0.5, 0.6) is 0 Å². The molecule has 0 heterocycles. The Bertz CT molecular complexity index is 507. The summed E-state index contributed by atoms with van der Waals surface area (Å²) in [5, 5.41) is 5.76. The average molecular weight is 334 g/mol. The van der Waals surface area contributed by atoms with E-state index in [4.69, 9.17) is 5.73 Å². The molecule has 0 aliphatic rings. The zero-order valence-corrected chi connectivity index (χ0v) is 15.0. The molecule has 1 aromatic rings. The third kappa shape index (κ3) is 6.20. The van der Waals surface area contributed by atoms with E-state index in [9.17, 15) is 9.59 Å². The van der Waals surface area contributed by atoms with Crippen molar-refractivity contribution in [2.45, 2.75) is 45.2 Å². The third-order valence-electron chi connectivity index (χ3n) is 4.39. The van der Waals surface area contributed by atoms with Gasteiger partial charge in [0, 0.05) is 33.1 Å². The van der Waals surface area contributed by atoms with Crippen molar-refractivity contribution in [1.82, 2.24) is 15.5 Å². The van der Waals surface area contributed by atoms with E-state index in [0.29, 0.717) is 19.6 Å². The van der Waals surface area contributed by atoms with Crippen LogP contribution in [0.15, 0.2) is 30.3 Å². The van der Waals surface area contributed by atoms with Crippen LogP contribution in [0.25, 0.3) is 0 Å². The SMILES string of the molecule is CCC(CC)(CN)NC(=O)CCNC(=O)N(C)Cc1ccccc1. The third-order valence-corrected chi connectivity index (χ3v) is 4.39. The van der Waals surface area contributed by atoms with E-state index in [-0.39, 0.29) is 23.9 Å². The first-order chi connectivity index (χ1) is 11.5. The van der Waals surface area contributed by atoms with E-state index in [2.05, 4.69) is 10.6 Å². The summed E-state index contributed by atoms with van der Waals surface area (Å²) in [7, 11) is 1.73. The Labute approximate surface area is 144 Å². The molecule has 0 radical (unpaired) electrons. The summed E-state index contributed by atoms with van der Waals surface area (Å²) < 4.78 is 0. The summed E-state index contributed by atoms with van der Waals surface area (Å²) in [6.45, 7) is 5.27. The largest absolute Gasteiger partial charge is 0.349 e. The van der Waals surface area contributed by atoms with Crippen LogP contribution in [0.3, 0.4) is 0 Å². The maximum atomic E-state index is 12.0. The standard InChI is InChI=1S/C18H30N4O2/c1-4-18(5-2,14-19)21-16(23)11-12-20-17(24)22(3)13-15-9-7-6-8-10-15/h6-10H,4-5,11-14,19H2,1-3H3,(H,20,24)(H,21,23). The monoisotopic (exact) mass is 334 g/mol. The number of benzene rings is 1. The van der Waals surface area contributed by atoms with E-state index in [0.717, 1.165) is 18.4 Å². The highest BCUT2D eigenvalue weighted by atomic mass is 16.2. The second-order valence-electron chi connectivity index (χ2n) is 6.06. The van der Waals surface area contributed by atoms with Crippen LogP contribution in [0, 0.1) is 0 Å². The molecule has 3 amide bonds. The molecule has 4 N–H and O–H groups in total. The molecule has 0 unspecified atom stereocenters. The van der Waals surface area contributed by atoms with Gasteiger partial charge in [0.25, 0.3) is 0 Å². The Morgan fingerprint density at radius 3 is 2.33 bits per heavy atom. The molecule has 6 heteroatoms. The van der Waals surface area contributed by atoms with Crippen LogP contribution in [-0.2, 0) is 11.3 Å². The van der Waals surface area contributed by atoms with E-state index in [1.807, 2.05) is 44.2 Å². The van der Waals surface area contributed by atoms with Crippen molar-refractivity contribution < 1.29 is 9.59 Å². The molecule has 24 heavy (non-hydrogen) atoms. The molecule has 1 aromatic carbocycles. The first-order valence-electron chi connectivity index (χ1n) is 8.50. The molecule has 1 rings (SSSR count). The van der Waals surface area contributed by atoms with Crippen LogP contribution in [0.4, 0.5) is 4.79 Å². The molecule has 0 bridgehead atoms. The quantitative estimate of drug-likeness (QED) is 0.644. The van der Waals surface area contributed by atoms with E-state index in [1.54, 1.807) is 11.9 Å². The lowest BCUT2D eigenvalue weighted by molar-refractivity contribution is -0.122. The molecular weight excluding hydrogens is 304 g/mol. The first-order valence-corrected chi connectivity index (χ1v) is 8.50. The fourth-order valence-electron chi connectivity index (χ4n) is 2.47. The Kier molecular flexibility index (Phi) is 8.26. The fraction of sp³-hybridized carbons (Fsp3) is 0.556. The Balaban J connectivity index is 2.35. The van der Waals surface area contributed by atoms with Crippen LogP contribution in [0.2, 0.25) is 0 Å². The average Bonchev–Trinajstić information content (AvgIpc) is 2.60. The molecule has 134 valence electrons. The van der Waals surface area contributed by atoms with Crippen molar-refractivity contribution in [1.29, 1.82) is 0 Å². The zero-order valence-electron chi connectivity index (χ0n) is 15.0. The summed E-state index contributed by atoms with van der Waals surface area (Å²) in [4.78, 5) is 25.7. The van der Waals surface area contributed by atoms with Crippen LogP contribution >= 0.6 is 0 Å². The van der Waals surface area contributed by atoms with Crippen molar-refractivity contribution in [3.63, 3.8) is 0 Å². The second kappa shape index (κ2) is 9.93. The number of rotatable bonds is 9. The molecule has 0 spiro atoms. The summed E-state index contributed by atoms with van der Waals surface area (Å²) >= 11 is 0. The van der Waals surface area contributed by atoms with Crippen molar-refractivity contribution >= 4 is 11.9 Å². The molecule has 0 fully saturated rings. The number of nitrogens with zero attached hydrogens (tertiary/aromatic N) is 1. The highest BCUT2D eigenvalue weighted by Crippen LogP contribution is 2.13. The minimum Gasteiger partial charge on any atom is -0.349 e. The first kappa shape index (κ1) is 20.0. The predicted molar refractivity (Wildman–Crippen MR) is 96.4 cm³/mol. The minimum atomic E-state index is -0.342. The molecule has 0 aliphatic carbocycles. The van der Waals surface area contributed by atoms with Gasteiger partial charge in [0.05, 0.1) is 5.54 Å². The molecule has 0 saturated heterocycles. The lowest BCUT2D eigenvalue weighted by Gasteiger charge is -2.31. The zero-order chi connectivity index (χ0) is 18.0. The lowest BCUT2D eigenvalue weighted by Crippen LogP contribution is -2.53. The van der Waals surface area contributed by atoms with Gasteiger partial charge in [-0.2, -0.15) is 0 Å². The normalized spacial score (nSPS) is 11.0. The van der Waals surface area contributed by atoms with Gasteiger partial charge in [0.15, 0.2) is 0 Å². The highest BCUT2D eigenvalue weighted by molar-refractivity contribution is 5.78. The van der Waals surface area contributed by atoms with Gasteiger partial charge in [-0.15, -0.1) is 0 Å². The molecule has 6 nitrogen and oxygen atoms in total. The van der Waals surface area contributed by atoms with Crippen LogP contribution < -0.4 is 16.4 Å². The van der Waals surface area contributed by atoms with Gasteiger partial charge in [-0.3, -0.25) is 4.79 Å². The number of nitrogens with one attached hydrogen (secondary N) is 2. The molecular formula is C18H30N4O2. The topological polar surface area (TPSA) is 87.5 Å². The summed E-state index contributed by atoms with van der Waals surface area (Å²) in [6.07, 6.45) is 1.82. The van der Waals surface area contributed by atoms with Gasteiger partial charge in [0.1, 0.15) is 0 Å². The summed E-state index contributed by atoms with van der Waals surface area (Å²) in [5.41, 5.74) is 6.50.